The molecule has 2 rings (SSSR count). The van der Waals surface area contributed by atoms with Crippen molar-refractivity contribution in [3.8, 4) is 5.75 Å². The van der Waals surface area contributed by atoms with Crippen molar-refractivity contribution in [2.45, 2.75) is 19.4 Å². The summed E-state index contributed by atoms with van der Waals surface area (Å²) in [5.41, 5.74) is 1.29. The molecule has 2 N–H and O–H groups in total. The largest absolute Gasteiger partial charge is 0.508 e. The van der Waals surface area contributed by atoms with E-state index in [4.69, 9.17) is 0 Å². The van der Waals surface area contributed by atoms with Crippen LogP contribution in [0.3, 0.4) is 0 Å². The molecule has 0 aromatic heterocycles. The third kappa shape index (κ3) is 2.99. The number of hydrogen-bond acceptors (Lipinski definition) is 3. The maximum Gasteiger partial charge on any atom is 0.115 e. The van der Waals surface area contributed by atoms with Crippen LogP contribution in [-0.4, -0.2) is 36.7 Å². The molecule has 0 aliphatic carbocycles. The second kappa shape index (κ2) is 5.52. The van der Waals surface area contributed by atoms with Crippen LogP contribution in [0, 0.1) is 5.92 Å². The molecule has 1 aliphatic rings. The summed E-state index contributed by atoms with van der Waals surface area (Å²) in [5, 5.41) is 12.6. The molecule has 0 amide bonds. The standard InChI is InChI=1S/C14H22N2O/c1-11(13-3-5-14(17)6-4-13)16-8-7-12(10-16)9-15-2/h3-6,11-12,15,17H,7-10H2,1-2H3. The van der Waals surface area contributed by atoms with Crippen LogP contribution < -0.4 is 5.32 Å². The first-order valence-corrected chi connectivity index (χ1v) is 6.38. The van der Waals surface area contributed by atoms with Gasteiger partial charge in [0.05, 0.1) is 0 Å². The summed E-state index contributed by atoms with van der Waals surface area (Å²) in [5.74, 6) is 1.12. The van der Waals surface area contributed by atoms with E-state index in [2.05, 4.69) is 17.1 Å². The first-order valence-electron chi connectivity index (χ1n) is 6.38. The Morgan fingerprint density at radius 1 is 1.41 bits per heavy atom. The molecule has 2 atom stereocenters. The predicted octanol–water partition coefficient (Wildman–Crippen LogP) is 1.99. The zero-order valence-electron chi connectivity index (χ0n) is 10.7. The molecular weight excluding hydrogens is 212 g/mol. The zero-order valence-corrected chi connectivity index (χ0v) is 10.7. The molecule has 1 aliphatic heterocycles. The highest BCUT2D eigenvalue weighted by Crippen LogP contribution is 2.27. The molecule has 1 aromatic carbocycles. The van der Waals surface area contributed by atoms with E-state index < -0.39 is 0 Å². The first-order chi connectivity index (χ1) is 8.20. The minimum atomic E-state index is 0.343. The maximum atomic E-state index is 9.29. The van der Waals surface area contributed by atoms with E-state index in [1.165, 1.54) is 25.1 Å². The van der Waals surface area contributed by atoms with Crippen molar-refractivity contribution in [3.63, 3.8) is 0 Å². The van der Waals surface area contributed by atoms with E-state index in [0.717, 1.165) is 12.5 Å². The van der Waals surface area contributed by atoms with Gasteiger partial charge in [0, 0.05) is 12.6 Å². The molecule has 94 valence electrons. The lowest BCUT2D eigenvalue weighted by molar-refractivity contribution is 0.252. The van der Waals surface area contributed by atoms with Crippen LogP contribution in [0.15, 0.2) is 24.3 Å². The van der Waals surface area contributed by atoms with E-state index >= 15 is 0 Å². The van der Waals surface area contributed by atoms with Crippen LogP contribution >= 0.6 is 0 Å². The zero-order chi connectivity index (χ0) is 12.3. The number of aromatic hydroxyl groups is 1. The van der Waals surface area contributed by atoms with E-state index in [9.17, 15) is 5.11 Å². The van der Waals surface area contributed by atoms with Crippen LogP contribution in [0.2, 0.25) is 0 Å². The SMILES string of the molecule is CNCC1CCN(C(C)c2ccc(O)cc2)C1. The molecule has 0 bridgehead atoms. The summed E-state index contributed by atoms with van der Waals surface area (Å²) >= 11 is 0. The van der Waals surface area contributed by atoms with Gasteiger partial charge in [-0.05, 0) is 57.1 Å². The second-order valence-electron chi connectivity index (χ2n) is 4.97. The molecule has 1 saturated heterocycles. The van der Waals surface area contributed by atoms with Crippen LogP contribution in [-0.2, 0) is 0 Å². The predicted molar refractivity (Wildman–Crippen MR) is 70.1 cm³/mol. The van der Waals surface area contributed by atoms with Gasteiger partial charge in [0.1, 0.15) is 5.75 Å². The molecule has 1 heterocycles. The van der Waals surface area contributed by atoms with Crippen LogP contribution in [0.1, 0.15) is 24.9 Å². The third-order valence-electron chi connectivity index (χ3n) is 3.73. The fourth-order valence-electron chi connectivity index (χ4n) is 2.63. The van der Waals surface area contributed by atoms with Gasteiger partial charge in [-0.2, -0.15) is 0 Å². The van der Waals surface area contributed by atoms with Crippen molar-refractivity contribution in [2.24, 2.45) is 5.92 Å². The number of nitrogens with zero attached hydrogens (tertiary/aromatic N) is 1. The number of hydrogen-bond donors (Lipinski definition) is 2. The van der Waals surface area contributed by atoms with Crippen molar-refractivity contribution < 1.29 is 5.11 Å². The minimum absolute atomic E-state index is 0.343. The number of nitrogens with one attached hydrogen (secondary N) is 1. The van der Waals surface area contributed by atoms with E-state index in [0.29, 0.717) is 11.8 Å². The molecule has 2 unspecified atom stereocenters. The van der Waals surface area contributed by atoms with Crippen LogP contribution in [0.4, 0.5) is 0 Å². The number of phenols is 1. The lowest BCUT2D eigenvalue weighted by Gasteiger charge is -2.24. The smallest absolute Gasteiger partial charge is 0.115 e. The van der Waals surface area contributed by atoms with Gasteiger partial charge in [0.15, 0.2) is 0 Å². The van der Waals surface area contributed by atoms with E-state index in [1.54, 1.807) is 12.1 Å². The van der Waals surface area contributed by atoms with Gasteiger partial charge in [-0.3, -0.25) is 4.90 Å². The maximum absolute atomic E-state index is 9.29. The molecular formula is C14H22N2O. The highest BCUT2D eigenvalue weighted by Gasteiger charge is 2.26. The average molecular weight is 234 g/mol. The number of phenolic OH excluding ortho intramolecular Hbond substituents is 1. The molecule has 3 heteroatoms. The lowest BCUT2D eigenvalue weighted by Crippen LogP contribution is -2.27. The van der Waals surface area contributed by atoms with Crippen molar-refractivity contribution in [2.75, 3.05) is 26.7 Å². The van der Waals surface area contributed by atoms with E-state index in [-0.39, 0.29) is 0 Å². The quantitative estimate of drug-likeness (QED) is 0.836. The van der Waals surface area contributed by atoms with Gasteiger partial charge in [0.2, 0.25) is 0 Å². The van der Waals surface area contributed by atoms with Crippen molar-refractivity contribution in [1.29, 1.82) is 0 Å². The highest BCUT2D eigenvalue weighted by molar-refractivity contribution is 5.27. The summed E-state index contributed by atoms with van der Waals surface area (Å²) in [6.07, 6.45) is 1.28. The van der Waals surface area contributed by atoms with Crippen molar-refractivity contribution in [3.05, 3.63) is 29.8 Å². The molecule has 1 fully saturated rings. The fourth-order valence-corrected chi connectivity index (χ4v) is 2.63. The normalized spacial score (nSPS) is 22.8. The minimum Gasteiger partial charge on any atom is -0.508 e. The number of likely N-dealkylation sites (tertiary alicyclic amines) is 1. The van der Waals surface area contributed by atoms with Gasteiger partial charge in [-0.15, -0.1) is 0 Å². The molecule has 17 heavy (non-hydrogen) atoms. The van der Waals surface area contributed by atoms with Crippen LogP contribution in [0.25, 0.3) is 0 Å². The van der Waals surface area contributed by atoms with Gasteiger partial charge in [0.25, 0.3) is 0 Å². The van der Waals surface area contributed by atoms with Gasteiger partial charge >= 0.3 is 0 Å². The molecule has 0 radical (unpaired) electrons. The Hall–Kier alpha value is -1.06. The summed E-state index contributed by atoms with van der Waals surface area (Å²) in [4.78, 5) is 2.52. The van der Waals surface area contributed by atoms with Gasteiger partial charge in [-0.25, -0.2) is 0 Å². The topological polar surface area (TPSA) is 35.5 Å². The summed E-state index contributed by atoms with van der Waals surface area (Å²) in [7, 11) is 2.02. The summed E-state index contributed by atoms with van der Waals surface area (Å²) in [6.45, 7) is 5.70. The Balaban J connectivity index is 1.96. The summed E-state index contributed by atoms with van der Waals surface area (Å²) in [6, 6.07) is 8.02. The van der Waals surface area contributed by atoms with Crippen molar-refractivity contribution >= 4 is 0 Å². The Bertz CT molecular complexity index is 350. The van der Waals surface area contributed by atoms with Crippen LogP contribution in [0.5, 0.6) is 5.75 Å². The van der Waals surface area contributed by atoms with E-state index in [1.807, 2.05) is 19.2 Å². The monoisotopic (exact) mass is 234 g/mol. The number of benzene rings is 1. The fraction of sp³-hybridized carbons (Fsp3) is 0.571. The first kappa shape index (κ1) is 12.4. The lowest BCUT2D eigenvalue weighted by atomic mass is 10.1. The third-order valence-corrected chi connectivity index (χ3v) is 3.73. The second-order valence-corrected chi connectivity index (χ2v) is 4.97. The Morgan fingerprint density at radius 2 is 2.12 bits per heavy atom. The Kier molecular flexibility index (Phi) is 4.02. The highest BCUT2D eigenvalue weighted by atomic mass is 16.3. The molecule has 0 saturated carbocycles. The molecule has 0 spiro atoms. The molecule has 1 aromatic rings. The Labute approximate surface area is 103 Å². The Morgan fingerprint density at radius 3 is 2.76 bits per heavy atom. The number of rotatable bonds is 4. The van der Waals surface area contributed by atoms with Gasteiger partial charge in [-0.1, -0.05) is 12.1 Å². The average Bonchev–Trinajstić information content (AvgIpc) is 2.78. The van der Waals surface area contributed by atoms with Gasteiger partial charge < -0.3 is 10.4 Å². The summed E-state index contributed by atoms with van der Waals surface area (Å²) < 4.78 is 0. The van der Waals surface area contributed by atoms with Crippen molar-refractivity contribution in [1.82, 2.24) is 10.2 Å². The molecule has 3 nitrogen and oxygen atoms in total.